The second-order valence-electron chi connectivity index (χ2n) is 7.07. The maximum atomic E-state index is 5.96. The topological polar surface area (TPSA) is 52.2 Å². The van der Waals surface area contributed by atoms with Crippen LogP contribution in [0.25, 0.3) is 20.4 Å². The van der Waals surface area contributed by atoms with E-state index >= 15 is 0 Å². The Hall–Kier alpha value is -1.79. The maximum absolute atomic E-state index is 5.96. The quantitative estimate of drug-likeness (QED) is 0.644. The highest BCUT2D eigenvalue weighted by atomic mass is 32.1. The van der Waals surface area contributed by atoms with Crippen LogP contribution in [0.1, 0.15) is 31.5 Å². The van der Waals surface area contributed by atoms with E-state index in [1.165, 1.54) is 39.1 Å². The molecule has 3 aromatic rings. The molecule has 3 aromatic heterocycles. The summed E-state index contributed by atoms with van der Waals surface area (Å²) in [5.41, 5.74) is 3.48. The predicted molar refractivity (Wildman–Crippen MR) is 89.6 cm³/mol. The standard InChI is InChI=1S/C17H18N4OS/c1-17(2)7-12-10(8-22-17)6-11-13-14(23-16(11)20-12)15-18-4-3-5-21(15)9-19-13/h6,9H,3-5,7-8H2,1-2H3/p+2. The van der Waals surface area contributed by atoms with Crippen molar-refractivity contribution in [3.05, 3.63) is 23.7 Å². The number of fused-ring (bicyclic) bond motifs is 6. The third-order valence-corrected chi connectivity index (χ3v) is 5.90. The van der Waals surface area contributed by atoms with E-state index in [0.29, 0.717) is 6.61 Å². The molecule has 0 spiro atoms. The number of H-pyrrole nitrogens is 1. The van der Waals surface area contributed by atoms with Crippen LogP contribution in [-0.2, 0) is 24.3 Å². The zero-order valence-electron chi connectivity index (χ0n) is 13.4. The molecule has 0 saturated carbocycles. The minimum absolute atomic E-state index is 0.118. The Bertz CT molecular complexity index is 947. The molecule has 2 N–H and O–H groups in total. The van der Waals surface area contributed by atoms with Crippen molar-refractivity contribution in [2.45, 2.75) is 45.4 Å². The summed E-state index contributed by atoms with van der Waals surface area (Å²) in [6.45, 7) is 7.03. The molecule has 2 aliphatic rings. The van der Waals surface area contributed by atoms with Crippen LogP contribution in [-0.4, -0.2) is 17.1 Å². The Kier molecular flexibility index (Phi) is 2.73. The van der Waals surface area contributed by atoms with Gasteiger partial charge in [0.25, 0.3) is 0 Å². The average Bonchev–Trinajstić information content (AvgIpc) is 2.90. The number of aromatic amines is 1. The van der Waals surface area contributed by atoms with Gasteiger partial charge in [0.05, 0.1) is 23.3 Å². The normalized spacial score (nSPS) is 19.4. The van der Waals surface area contributed by atoms with Gasteiger partial charge in [0.15, 0.2) is 10.2 Å². The van der Waals surface area contributed by atoms with Crippen molar-refractivity contribution in [1.29, 1.82) is 0 Å². The highest BCUT2D eigenvalue weighted by Gasteiger charge is 2.30. The molecule has 23 heavy (non-hydrogen) atoms. The number of nitrogens with one attached hydrogen (secondary N) is 2. The molecule has 0 radical (unpaired) electrons. The van der Waals surface area contributed by atoms with E-state index in [2.05, 4.69) is 41.1 Å². The van der Waals surface area contributed by atoms with Gasteiger partial charge in [-0.2, -0.15) is 4.57 Å². The Labute approximate surface area is 138 Å². The van der Waals surface area contributed by atoms with Gasteiger partial charge in [0, 0.05) is 18.4 Å². The summed E-state index contributed by atoms with van der Waals surface area (Å²) in [5, 5.41) is 4.76. The van der Waals surface area contributed by atoms with Gasteiger partial charge in [-0.25, -0.2) is 15.3 Å². The summed E-state index contributed by atoms with van der Waals surface area (Å²) in [7, 11) is 0. The number of thiophene rings is 1. The second-order valence-corrected chi connectivity index (χ2v) is 8.07. The first-order valence-corrected chi connectivity index (χ1v) is 8.99. The molecule has 0 atom stereocenters. The van der Waals surface area contributed by atoms with Crippen molar-refractivity contribution in [3.8, 4) is 0 Å². The summed E-state index contributed by atoms with van der Waals surface area (Å²) in [6, 6.07) is 2.27. The number of pyridine rings is 1. The molecule has 5 heterocycles. The molecule has 0 bridgehead atoms. The Morgan fingerprint density at radius 3 is 3.26 bits per heavy atom. The summed E-state index contributed by atoms with van der Waals surface area (Å²) >= 11 is 1.78. The first-order chi connectivity index (χ1) is 11.1. The number of aryl methyl sites for hydroxylation is 1. The van der Waals surface area contributed by atoms with Gasteiger partial charge in [-0.1, -0.05) is 0 Å². The Morgan fingerprint density at radius 2 is 2.35 bits per heavy atom. The van der Waals surface area contributed by atoms with Gasteiger partial charge in [0.1, 0.15) is 17.9 Å². The lowest BCUT2D eigenvalue weighted by Crippen LogP contribution is -2.45. The zero-order valence-corrected chi connectivity index (χ0v) is 14.2. The van der Waals surface area contributed by atoms with Crippen LogP contribution in [0.4, 0.5) is 5.82 Å². The molecule has 118 valence electrons. The number of anilines is 1. The molecule has 0 fully saturated rings. The molecule has 5 nitrogen and oxygen atoms in total. The van der Waals surface area contributed by atoms with Gasteiger partial charge >= 0.3 is 12.1 Å². The molecule has 5 rings (SSSR count). The van der Waals surface area contributed by atoms with Crippen LogP contribution < -0.4 is 14.9 Å². The predicted octanol–water partition coefficient (Wildman–Crippen LogP) is 2.22. The van der Waals surface area contributed by atoms with Crippen molar-refractivity contribution < 1.29 is 14.3 Å². The lowest BCUT2D eigenvalue weighted by atomic mass is 9.95. The van der Waals surface area contributed by atoms with Crippen molar-refractivity contribution >= 4 is 37.6 Å². The average molecular weight is 328 g/mol. The first-order valence-electron chi connectivity index (χ1n) is 8.18. The lowest BCUT2D eigenvalue weighted by molar-refractivity contribution is -0.732. The van der Waals surface area contributed by atoms with Crippen LogP contribution in [0.5, 0.6) is 0 Å². The fourth-order valence-electron chi connectivity index (χ4n) is 3.57. The molecule has 0 unspecified atom stereocenters. The molecular weight excluding hydrogens is 308 g/mol. The third-order valence-electron chi connectivity index (χ3n) is 4.80. The van der Waals surface area contributed by atoms with Crippen molar-refractivity contribution in [3.63, 3.8) is 0 Å². The van der Waals surface area contributed by atoms with Gasteiger partial charge < -0.3 is 4.74 Å². The fourth-order valence-corrected chi connectivity index (χ4v) is 4.75. The van der Waals surface area contributed by atoms with E-state index in [1.807, 2.05) is 0 Å². The van der Waals surface area contributed by atoms with Crippen LogP contribution in [0.2, 0.25) is 0 Å². The fraction of sp³-hybridized carbons (Fsp3) is 0.471. The third kappa shape index (κ3) is 2.05. The van der Waals surface area contributed by atoms with Crippen LogP contribution in [0.3, 0.4) is 0 Å². The number of hydrogen-bond donors (Lipinski definition) is 1. The zero-order chi connectivity index (χ0) is 15.6. The van der Waals surface area contributed by atoms with Gasteiger partial charge in [0.2, 0.25) is 0 Å². The highest BCUT2D eigenvalue weighted by Crippen LogP contribution is 2.37. The molecule has 2 aliphatic heterocycles. The second kappa shape index (κ2) is 4.61. The number of ether oxygens (including phenoxy) is 1. The van der Waals surface area contributed by atoms with Gasteiger partial charge in [-0.05, 0) is 19.9 Å². The van der Waals surface area contributed by atoms with E-state index in [1.54, 1.807) is 11.3 Å². The van der Waals surface area contributed by atoms with Crippen LogP contribution in [0.15, 0.2) is 12.4 Å². The largest absolute Gasteiger partial charge is 0.370 e. The van der Waals surface area contributed by atoms with Gasteiger partial charge in [-0.3, -0.25) is 0 Å². The number of aromatic nitrogens is 3. The number of hydrogen-bond acceptors (Lipinski definition) is 4. The lowest BCUT2D eigenvalue weighted by Gasteiger charge is -2.30. The summed E-state index contributed by atoms with van der Waals surface area (Å²) in [6.07, 6.45) is 4.12. The minimum atomic E-state index is -0.118. The van der Waals surface area contributed by atoms with Crippen LogP contribution in [0, 0.1) is 0 Å². The number of rotatable bonds is 0. The summed E-state index contributed by atoms with van der Waals surface area (Å²) in [4.78, 5) is 9.58. The van der Waals surface area contributed by atoms with E-state index in [4.69, 9.17) is 9.72 Å². The van der Waals surface area contributed by atoms with Crippen molar-refractivity contribution in [2.24, 2.45) is 0 Å². The first kappa shape index (κ1) is 13.6. The molecular formula is C17H20N4OS+2. The molecule has 0 amide bonds. The minimum Gasteiger partial charge on any atom is -0.370 e. The van der Waals surface area contributed by atoms with E-state index in [-0.39, 0.29) is 5.60 Å². The van der Waals surface area contributed by atoms with Crippen LogP contribution >= 0.6 is 11.3 Å². The van der Waals surface area contributed by atoms with E-state index in [0.717, 1.165) is 24.3 Å². The summed E-state index contributed by atoms with van der Waals surface area (Å²) < 4.78 is 9.50. The maximum Gasteiger partial charge on any atom is 0.355 e. The SMILES string of the molecule is CC1(C)Cc2nc3sc4c5[n+](c[nH+]c4c3cc2CO1)CCCN5. The smallest absolute Gasteiger partial charge is 0.355 e. The van der Waals surface area contributed by atoms with E-state index < -0.39 is 0 Å². The van der Waals surface area contributed by atoms with Crippen molar-refractivity contribution in [2.75, 3.05) is 11.9 Å². The van der Waals surface area contributed by atoms with E-state index in [9.17, 15) is 0 Å². The molecule has 0 aromatic carbocycles. The molecule has 6 heteroatoms. The molecule has 0 saturated heterocycles. The monoisotopic (exact) mass is 328 g/mol. The van der Waals surface area contributed by atoms with Gasteiger partial charge in [-0.15, -0.1) is 11.3 Å². The Morgan fingerprint density at radius 1 is 1.43 bits per heavy atom. The van der Waals surface area contributed by atoms with Crippen molar-refractivity contribution in [1.82, 2.24) is 4.98 Å². The summed E-state index contributed by atoms with van der Waals surface area (Å²) in [5.74, 6) is 1.22. The number of nitrogens with zero attached hydrogens (tertiary/aromatic N) is 2. The Balaban J connectivity index is 1.77. The molecule has 0 aliphatic carbocycles. The highest BCUT2D eigenvalue weighted by molar-refractivity contribution is 7.25.